The lowest BCUT2D eigenvalue weighted by atomic mass is 9.93. The van der Waals surface area contributed by atoms with Crippen molar-refractivity contribution in [2.24, 2.45) is 0 Å². The molecule has 1 unspecified atom stereocenters. The molecule has 0 saturated heterocycles. The summed E-state index contributed by atoms with van der Waals surface area (Å²) in [7, 11) is 0. The van der Waals surface area contributed by atoms with E-state index in [0.29, 0.717) is 19.2 Å². The summed E-state index contributed by atoms with van der Waals surface area (Å²) in [6.07, 6.45) is 3.36. The minimum atomic E-state index is -0.435. The normalized spacial score (nSPS) is 17.5. The summed E-state index contributed by atoms with van der Waals surface area (Å²) < 4.78 is 6.70. The first-order chi connectivity index (χ1) is 8.24. The lowest BCUT2D eigenvalue weighted by molar-refractivity contribution is 0.0997. The van der Waals surface area contributed by atoms with Crippen molar-refractivity contribution in [3.05, 3.63) is 27.8 Å². The Balaban J connectivity index is 1.64. The van der Waals surface area contributed by atoms with Crippen LogP contribution < -0.4 is 10.1 Å². The summed E-state index contributed by atoms with van der Waals surface area (Å²) in [5, 5.41) is 13.1. The summed E-state index contributed by atoms with van der Waals surface area (Å²) in [5.74, 6) is 0.813. The Morgan fingerprint density at radius 3 is 2.65 bits per heavy atom. The van der Waals surface area contributed by atoms with E-state index in [1.165, 1.54) is 22.8 Å². The van der Waals surface area contributed by atoms with E-state index in [1.54, 1.807) is 0 Å². The Bertz CT molecular complexity index is 338. The van der Waals surface area contributed by atoms with Crippen molar-refractivity contribution in [1.29, 1.82) is 0 Å². The molecule has 3 nitrogen and oxygen atoms in total. The molecule has 1 aromatic rings. The molecule has 1 atom stereocenters. The molecule has 0 radical (unpaired) electrons. The quantitative estimate of drug-likeness (QED) is 0.775. The molecule has 0 aliphatic heterocycles. The van der Waals surface area contributed by atoms with Crippen LogP contribution in [0.15, 0.2) is 24.3 Å². The fraction of sp³-hybridized carbons (Fsp3) is 0.538. The van der Waals surface area contributed by atoms with E-state index in [-0.39, 0.29) is 0 Å². The van der Waals surface area contributed by atoms with Gasteiger partial charge in [0.2, 0.25) is 0 Å². The first kappa shape index (κ1) is 13.1. The van der Waals surface area contributed by atoms with Gasteiger partial charge in [0, 0.05) is 16.2 Å². The van der Waals surface area contributed by atoms with Crippen molar-refractivity contribution >= 4 is 22.6 Å². The highest BCUT2D eigenvalue weighted by atomic mass is 127. The molecule has 2 N–H and O–H groups in total. The van der Waals surface area contributed by atoms with Crippen LogP contribution in [0.25, 0.3) is 0 Å². The Labute approximate surface area is 116 Å². The van der Waals surface area contributed by atoms with Crippen molar-refractivity contribution in [1.82, 2.24) is 5.32 Å². The van der Waals surface area contributed by atoms with Gasteiger partial charge in [-0.1, -0.05) is 6.42 Å². The molecule has 4 heteroatoms. The number of rotatable bonds is 6. The minimum Gasteiger partial charge on any atom is -0.491 e. The molecule has 94 valence electrons. The van der Waals surface area contributed by atoms with Gasteiger partial charge in [0.15, 0.2) is 0 Å². The van der Waals surface area contributed by atoms with E-state index < -0.39 is 6.10 Å². The van der Waals surface area contributed by atoms with E-state index in [0.717, 1.165) is 5.75 Å². The highest BCUT2D eigenvalue weighted by Crippen LogP contribution is 2.18. The molecule has 1 aliphatic rings. The molecular weight excluding hydrogens is 329 g/mol. The number of aliphatic hydroxyl groups excluding tert-OH is 1. The highest BCUT2D eigenvalue weighted by molar-refractivity contribution is 14.1. The van der Waals surface area contributed by atoms with Crippen LogP contribution in [0.5, 0.6) is 5.75 Å². The monoisotopic (exact) mass is 347 g/mol. The van der Waals surface area contributed by atoms with Gasteiger partial charge in [0.1, 0.15) is 18.5 Å². The van der Waals surface area contributed by atoms with Crippen LogP contribution in [-0.2, 0) is 0 Å². The van der Waals surface area contributed by atoms with Crippen LogP contribution in [0.2, 0.25) is 0 Å². The maximum absolute atomic E-state index is 9.74. The number of halogens is 1. The zero-order valence-electron chi connectivity index (χ0n) is 9.73. The molecule has 2 rings (SSSR count). The molecule has 1 aliphatic carbocycles. The second-order valence-corrected chi connectivity index (χ2v) is 5.70. The molecule has 17 heavy (non-hydrogen) atoms. The van der Waals surface area contributed by atoms with Gasteiger partial charge in [-0.3, -0.25) is 0 Å². The molecule has 0 heterocycles. The average Bonchev–Trinajstić information content (AvgIpc) is 2.26. The lowest BCUT2D eigenvalue weighted by Gasteiger charge is -2.27. The summed E-state index contributed by atoms with van der Waals surface area (Å²) in [4.78, 5) is 0. The SMILES string of the molecule is OC(CNC1CCC1)COc1ccc(I)cc1. The van der Waals surface area contributed by atoms with Gasteiger partial charge < -0.3 is 15.2 Å². The predicted molar refractivity (Wildman–Crippen MR) is 76.3 cm³/mol. The largest absolute Gasteiger partial charge is 0.491 e. The van der Waals surface area contributed by atoms with Crippen LogP contribution in [0.3, 0.4) is 0 Å². The van der Waals surface area contributed by atoms with E-state index in [1.807, 2.05) is 24.3 Å². The number of hydrogen-bond donors (Lipinski definition) is 2. The third-order valence-corrected chi connectivity index (χ3v) is 3.72. The van der Waals surface area contributed by atoms with Crippen molar-refractivity contribution < 1.29 is 9.84 Å². The highest BCUT2D eigenvalue weighted by Gasteiger charge is 2.17. The molecule has 1 fully saturated rings. The van der Waals surface area contributed by atoms with E-state index in [9.17, 15) is 5.11 Å². The lowest BCUT2D eigenvalue weighted by Crippen LogP contribution is -2.41. The average molecular weight is 347 g/mol. The summed E-state index contributed by atoms with van der Waals surface area (Å²) in [5.41, 5.74) is 0. The third-order valence-electron chi connectivity index (χ3n) is 3.00. The minimum absolute atomic E-state index is 0.348. The predicted octanol–water partition coefficient (Wildman–Crippen LogP) is 2.17. The molecule has 1 saturated carbocycles. The molecule has 0 amide bonds. The third kappa shape index (κ3) is 4.44. The Kier molecular flexibility index (Phi) is 5.06. The molecule has 0 bridgehead atoms. The van der Waals surface area contributed by atoms with Crippen LogP contribution in [0.4, 0.5) is 0 Å². The van der Waals surface area contributed by atoms with Gasteiger partial charge >= 0.3 is 0 Å². The molecule has 0 aromatic heterocycles. The Hall–Kier alpha value is -0.330. The van der Waals surface area contributed by atoms with E-state index >= 15 is 0 Å². The summed E-state index contributed by atoms with van der Waals surface area (Å²) in [6.45, 7) is 0.968. The maximum Gasteiger partial charge on any atom is 0.119 e. The zero-order valence-corrected chi connectivity index (χ0v) is 11.9. The number of benzene rings is 1. The second kappa shape index (κ2) is 6.56. The van der Waals surface area contributed by atoms with Gasteiger partial charge in [-0.25, -0.2) is 0 Å². The van der Waals surface area contributed by atoms with Crippen LogP contribution >= 0.6 is 22.6 Å². The van der Waals surface area contributed by atoms with Crippen LogP contribution in [0, 0.1) is 3.57 Å². The van der Waals surface area contributed by atoms with Gasteiger partial charge in [-0.2, -0.15) is 0 Å². The number of hydrogen-bond acceptors (Lipinski definition) is 3. The first-order valence-corrected chi connectivity index (χ1v) is 7.12. The summed E-state index contributed by atoms with van der Waals surface area (Å²) in [6, 6.07) is 8.45. The van der Waals surface area contributed by atoms with Crippen LogP contribution in [-0.4, -0.2) is 30.4 Å². The van der Waals surface area contributed by atoms with Gasteiger partial charge in [0.05, 0.1) is 0 Å². The standard InChI is InChI=1S/C13H18INO2/c14-10-4-6-13(7-5-10)17-9-12(16)8-15-11-2-1-3-11/h4-7,11-12,15-16H,1-3,8-9H2. The van der Waals surface area contributed by atoms with Crippen molar-refractivity contribution in [3.8, 4) is 5.75 Å². The van der Waals surface area contributed by atoms with Gasteiger partial charge in [-0.15, -0.1) is 0 Å². The molecular formula is C13H18INO2. The van der Waals surface area contributed by atoms with Crippen molar-refractivity contribution in [2.75, 3.05) is 13.2 Å². The van der Waals surface area contributed by atoms with Crippen LogP contribution in [0.1, 0.15) is 19.3 Å². The maximum atomic E-state index is 9.74. The fourth-order valence-corrected chi connectivity index (χ4v) is 2.06. The first-order valence-electron chi connectivity index (χ1n) is 6.04. The number of ether oxygens (including phenoxy) is 1. The number of nitrogens with one attached hydrogen (secondary N) is 1. The van der Waals surface area contributed by atoms with Gasteiger partial charge in [0.25, 0.3) is 0 Å². The zero-order chi connectivity index (χ0) is 12.1. The van der Waals surface area contributed by atoms with E-state index in [4.69, 9.17) is 4.74 Å². The fourth-order valence-electron chi connectivity index (χ4n) is 1.70. The van der Waals surface area contributed by atoms with Gasteiger partial charge in [-0.05, 0) is 59.7 Å². The van der Waals surface area contributed by atoms with E-state index in [2.05, 4.69) is 27.9 Å². The smallest absolute Gasteiger partial charge is 0.119 e. The second-order valence-electron chi connectivity index (χ2n) is 4.45. The topological polar surface area (TPSA) is 41.5 Å². The van der Waals surface area contributed by atoms with Crippen molar-refractivity contribution in [2.45, 2.75) is 31.4 Å². The molecule has 0 spiro atoms. The summed E-state index contributed by atoms with van der Waals surface area (Å²) >= 11 is 2.25. The molecule has 1 aromatic carbocycles. The van der Waals surface area contributed by atoms with Crippen molar-refractivity contribution in [3.63, 3.8) is 0 Å². The Morgan fingerprint density at radius 1 is 1.35 bits per heavy atom. The number of aliphatic hydroxyl groups is 1. The Morgan fingerprint density at radius 2 is 2.06 bits per heavy atom.